The van der Waals surface area contributed by atoms with Gasteiger partial charge in [-0.2, -0.15) is 0 Å². The van der Waals surface area contributed by atoms with Gasteiger partial charge in [-0.3, -0.25) is 14.5 Å². The first-order chi connectivity index (χ1) is 10.6. The van der Waals surface area contributed by atoms with Crippen LogP contribution in [0.15, 0.2) is 36.9 Å². The second-order valence-electron chi connectivity index (χ2n) is 4.67. The molecule has 0 atom stereocenters. The Balaban J connectivity index is 2.46. The van der Waals surface area contributed by atoms with Crippen molar-refractivity contribution in [2.75, 3.05) is 38.6 Å². The van der Waals surface area contributed by atoms with Crippen LogP contribution in [-0.4, -0.2) is 50.0 Å². The van der Waals surface area contributed by atoms with E-state index in [2.05, 4.69) is 17.2 Å². The number of hydrogen-bond acceptors (Lipinski definition) is 4. The van der Waals surface area contributed by atoms with E-state index in [1.54, 1.807) is 42.4 Å². The number of nitrogens with zero attached hydrogens (tertiary/aromatic N) is 1. The summed E-state index contributed by atoms with van der Waals surface area (Å²) in [6, 6.07) is 7.08. The number of hydrogen-bond donors (Lipinski definition) is 2. The van der Waals surface area contributed by atoms with Crippen LogP contribution in [0.25, 0.3) is 0 Å². The first-order valence-electron chi connectivity index (χ1n) is 7.12. The van der Waals surface area contributed by atoms with Gasteiger partial charge < -0.3 is 15.4 Å². The molecule has 0 saturated heterocycles. The molecule has 0 unspecified atom stereocenters. The lowest BCUT2D eigenvalue weighted by atomic mass is 10.3. The summed E-state index contributed by atoms with van der Waals surface area (Å²) < 4.78 is 5.06. The zero-order chi connectivity index (χ0) is 16.4. The predicted octanol–water partition coefficient (Wildman–Crippen LogP) is 1.26. The summed E-state index contributed by atoms with van der Waals surface area (Å²) in [7, 11) is 1.59. The maximum atomic E-state index is 12.0. The lowest BCUT2D eigenvalue weighted by molar-refractivity contribution is -0.123. The van der Waals surface area contributed by atoms with Crippen molar-refractivity contribution in [2.45, 2.75) is 6.92 Å². The van der Waals surface area contributed by atoms with Gasteiger partial charge in [0.15, 0.2) is 0 Å². The summed E-state index contributed by atoms with van der Waals surface area (Å²) in [6.07, 6.45) is 1.62. The van der Waals surface area contributed by atoms with Crippen molar-refractivity contribution in [3.8, 4) is 5.75 Å². The average molecular weight is 305 g/mol. The van der Waals surface area contributed by atoms with E-state index in [4.69, 9.17) is 4.74 Å². The topological polar surface area (TPSA) is 70.7 Å². The van der Waals surface area contributed by atoms with Crippen LogP contribution in [0.2, 0.25) is 0 Å². The molecule has 0 fully saturated rings. The van der Waals surface area contributed by atoms with Gasteiger partial charge in [-0.15, -0.1) is 6.58 Å². The van der Waals surface area contributed by atoms with Gasteiger partial charge in [0, 0.05) is 12.2 Å². The monoisotopic (exact) mass is 305 g/mol. The van der Waals surface area contributed by atoms with E-state index in [9.17, 15) is 9.59 Å². The molecule has 2 N–H and O–H groups in total. The van der Waals surface area contributed by atoms with Crippen molar-refractivity contribution in [3.05, 3.63) is 36.9 Å². The van der Waals surface area contributed by atoms with Crippen molar-refractivity contribution in [1.82, 2.24) is 10.2 Å². The van der Waals surface area contributed by atoms with Crippen molar-refractivity contribution >= 4 is 17.5 Å². The van der Waals surface area contributed by atoms with E-state index in [1.807, 2.05) is 6.92 Å². The molecular weight excluding hydrogens is 282 g/mol. The fourth-order valence-electron chi connectivity index (χ4n) is 1.80. The largest absolute Gasteiger partial charge is 0.497 e. The molecule has 1 rings (SSSR count). The van der Waals surface area contributed by atoms with E-state index in [0.717, 1.165) is 5.75 Å². The highest BCUT2D eigenvalue weighted by Crippen LogP contribution is 2.14. The summed E-state index contributed by atoms with van der Waals surface area (Å²) in [5, 5.41) is 5.48. The number of amides is 2. The number of likely N-dealkylation sites (N-methyl/N-ethyl adjacent to an activating group) is 1. The third-order valence-corrected chi connectivity index (χ3v) is 3.00. The molecule has 0 radical (unpaired) electrons. The number of ether oxygens (including phenoxy) is 1. The van der Waals surface area contributed by atoms with E-state index < -0.39 is 0 Å². The zero-order valence-electron chi connectivity index (χ0n) is 13.1. The van der Waals surface area contributed by atoms with Crippen LogP contribution in [0.4, 0.5) is 5.69 Å². The van der Waals surface area contributed by atoms with Crippen molar-refractivity contribution in [3.63, 3.8) is 0 Å². The first-order valence-corrected chi connectivity index (χ1v) is 7.12. The zero-order valence-corrected chi connectivity index (χ0v) is 13.1. The van der Waals surface area contributed by atoms with Gasteiger partial charge in [0.2, 0.25) is 11.8 Å². The molecule has 0 heterocycles. The van der Waals surface area contributed by atoms with Gasteiger partial charge in [0.25, 0.3) is 0 Å². The van der Waals surface area contributed by atoms with E-state index in [0.29, 0.717) is 18.8 Å². The molecule has 22 heavy (non-hydrogen) atoms. The fraction of sp³-hybridized carbons (Fsp3) is 0.375. The van der Waals surface area contributed by atoms with Crippen LogP contribution in [0, 0.1) is 0 Å². The van der Waals surface area contributed by atoms with Gasteiger partial charge >= 0.3 is 0 Å². The third-order valence-electron chi connectivity index (χ3n) is 3.00. The molecule has 6 heteroatoms. The van der Waals surface area contributed by atoms with E-state index >= 15 is 0 Å². The molecule has 2 amide bonds. The molecule has 120 valence electrons. The maximum absolute atomic E-state index is 12.0. The molecule has 1 aromatic rings. The maximum Gasteiger partial charge on any atom is 0.238 e. The summed E-state index contributed by atoms with van der Waals surface area (Å²) in [4.78, 5) is 25.4. The molecule has 0 aliphatic carbocycles. The summed E-state index contributed by atoms with van der Waals surface area (Å²) in [6.45, 7) is 6.81. The minimum atomic E-state index is -0.163. The highest BCUT2D eigenvalue weighted by Gasteiger charge is 2.12. The highest BCUT2D eigenvalue weighted by atomic mass is 16.5. The SMILES string of the molecule is C=CCNC(=O)CN(CC)CC(=O)Nc1ccc(OC)cc1. The number of anilines is 1. The smallest absolute Gasteiger partial charge is 0.238 e. The molecule has 6 nitrogen and oxygen atoms in total. The lowest BCUT2D eigenvalue weighted by Crippen LogP contribution is -2.41. The highest BCUT2D eigenvalue weighted by molar-refractivity contribution is 5.92. The minimum absolute atomic E-state index is 0.126. The van der Waals surface area contributed by atoms with Gasteiger partial charge in [-0.05, 0) is 30.8 Å². The Morgan fingerprint density at radius 3 is 2.41 bits per heavy atom. The Hall–Kier alpha value is -2.34. The molecule has 0 saturated carbocycles. The Morgan fingerprint density at radius 2 is 1.86 bits per heavy atom. The van der Waals surface area contributed by atoms with Crippen LogP contribution in [0.3, 0.4) is 0 Å². The number of carbonyl (C=O) groups excluding carboxylic acids is 2. The predicted molar refractivity (Wildman–Crippen MR) is 86.9 cm³/mol. The fourth-order valence-corrected chi connectivity index (χ4v) is 1.80. The standard InChI is InChI=1S/C16H23N3O3/c1-4-10-17-15(20)11-19(5-2)12-16(21)18-13-6-8-14(22-3)9-7-13/h4,6-9H,1,5,10-12H2,2-3H3,(H,17,20)(H,18,21). The number of nitrogens with one attached hydrogen (secondary N) is 2. The Morgan fingerprint density at radius 1 is 1.23 bits per heavy atom. The Bertz CT molecular complexity index is 500. The summed E-state index contributed by atoms with van der Waals surface area (Å²) >= 11 is 0. The number of rotatable bonds is 9. The number of benzene rings is 1. The lowest BCUT2D eigenvalue weighted by Gasteiger charge is -2.19. The third kappa shape index (κ3) is 6.41. The van der Waals surface area contributed by atoms with Crippen molar-refractivity contribution < 1.29 is 14.3 Å². The van der Waals surface area contributed by atoms with Crippen LogP contribution in [0.1, 0.15) is 6.92 Å². The molecule has 1 aromatic carbocycles. The van der Waals surface area contributed by atoms with Gasteiger partial charge in [-0.25, -0.2) is 0 Å². The second-order valence-corrected chi connectivity index (χ2v) is 4.67. The molecule has 0 aliphatic rings. The quantitative estimate of drug-likeness (QED) is 0.674. The number of methoxy groups -OCH3 is 1. The van der Waals surface area contributed by atoms with Gasteiger partial charge in [0.05, 0.1) is 20.2 Å². The van der Waals surface area contributed by atoms with Crippen LogP contribution < -0.4 is 15.4 Å². The first kappa shape index (κ1) is 17.7. The second kappa shape index (κ2) is 9.57. The van der Waals surface area contributed by atoms with Crippen molar-refractivity contribution in [2.24, 2.45) is 0 Å². The van der Waals surface area contributed by atoms with Crippen LogP contribution >= 0.6 is 0 Å². The number of carbonyl (C=O) groups is 2. The molecular formula is C16H23N3O3. The summed E-state index contributed by atoms with van der Waals surface area (Å²) in [5.41, 5.74) is 0.693. The van der Waals surface area contributed by atoms with Gasteiger partial charge in [-0.1, -0.05) is 13.0 Å². The minimum Gasteiger partial charge on any atom is -0.497 e. The van der Waals surface area contributed by atoms with Crippen molar-refractivity contribution in [1.29, 1.82) is 0 Å². The average Bonchev–Trinajstić information content (AvgIpc) is 2.52. The molecule has 0 spiro atoms. The van der Waals surface area contributed by atoms with E-state index in [-0.39, 0.29) is 24.9 Å². The van der Waals surface area contributed by atoms with Crippen LogP contribution in [0.5, 0.6) is 5.75 Å². The summed E-state index contributed by atoms with van der Waals surface area (Å²) in [5.74, 6) is 0.439. The van der Waals surface area contributed by atoms with E-state index in [1.165, 1.54) is 0 Å². The Kier molecular flexibility index (Phi) is 7.70. The van der Waals surface area contributed by atoms with Crippen LogP contribution in [-0.2, 0) is 9.59 Å². The Labute approximate surface area is 131 Å². The normalized spacial score (nSPS) is 10.1. The molecule has 0 aromatic heterocycles. The van der Waals surface area contributed by atoms with Gasteiger partial charge in [0.1, 0.15) is 5.75 Å². The molecule has 0 bridgehead atoms. The molecule has 0 aliphatic heterocycles.